The predicted octanol–water partition coefficient (Wildman–Crippen LogP) is 4.13. The second-order valence-electron chi connectivity index (χ2n) is 6.41. The van der Waals surface area contributed by atoms with Crippen LogP contribution in [-0.2, 0) is 20.0 Å². The molecule has 0 saturated carbocycles. The van der Waals surface area contributed by atoms with E-state index >= 15 is 0 Å². The summed E-state index contributed by atoms with van der Waals surface area (Å²) in [5.41, 5.74) is 2.77. The number of benzene rings is 1. The number of hydrogen-bond acceptors (Lipinski definition) is 4. The third kappa shape index (κ3) is 4.03. The number of aliphatic hydroxyl groups is 1. The Morgan fingerprint density at radius 3 is 2.73 bits per heavy atom. The number of fused-ring (bicyclic) bond motifs is 1. The van der Waals surface area contributed by atoms with E-state index in [-0.39, 0.29) is 12.5 Å². The van der Waals surface area contributed by atoms with Gasteiger partial charge in [0, 0.05) is 36.7 Å². The molecule has 0 aliphatic rings. The van der Waals surface area contributed by atoms with E-state index in [9.17, 15) is 4.79 Å². The number of aliphatic hydroxyl groups excluding tert-OH is 1. The summed E-state index contributed by atoms with van der Waals surface area (Å²) < 4.78 is 2.55. The summed E-state index contributed by atoms with van der Waals surface area (Å²) in [5.74, 6) is -0.156. The molecule has 2 N–H and O–H groups in total. The minimum absolute atomic E-state index is 0.156. The van der Waals surface area contributed by atoms with Crippen LogP contribution in [0.2, 0.25) is 0 Å². The van der Waals surface area contributed by atoms with Crippen molar-refractivity contribution >= 4 is 39.7 Å². The third-order valence-electron chi connectivity index (χ3n) is 4.30. The molecule has 0 unspecified atom stereocenters. The molecule has 2 heterocycles. The Balaban J connectivity index is 1.84. The zero-order valence-corrected chi connectivity index (χ0v) is 16.5. The molecule has 4 nitrogen and oxygen atoms in total. The molecule has 1 amide bonds. The normalized spacial score (nSPS) is 11.0. The lowest BCUT2D eigenvalue weighted by molar-refractivity contribution is 0.0950. The first-order chi connectivity index (χ1) is 12.5. The number of aromatic nitrogens is 1. The van der Waals surface area contributed by atoms with Crippen LogP contribution in [0.1, 0.15) is 32.8 Å². The smallest absolute Gasteiger partial charge is 0.254 e. The second-order valence-corrected chi connectivity index (χ2v) is 7.93. The molecule has 0 fully saturated rings. The van der Waals surface area contributed by atoms with Gasteiger partial charge in [-0.25, -0.2) is 0 Å². The molecule has 0 bridgehead atoms. The Bertz CT molecular complexity index is 987. The lowest BCUT2D eigenvalue weighted by atomic mass is 10.1. The van der Waals surface area contributed by atoms with E-state index in [4.69, 9.17) is 17.3 Å². The maximum atomic E-state index is 12.7. The number of thiophene rings is 1. The van der Waals surface area contributed by atoms with Crippen molar-refractivity contribution in [2.24, 2.45) is 7.05 Å². The van der Waals surface area contributed by atoms with E-state index < -0.39 is 0 Å². The van der Waals surface area contributed by atoms with Gasteiger partial charge in [-0.15, -0.1) is 11.3 Å². The fraction of sp³-hybridized carbons (Fsp3) is 0.300. The Labute approximate surface area is 162 Å². The maximum absolute atomic E-state index is 12.7. The van der Waals surface area contributed by atoms with Crippen molar-refractivity contribution in [3.05, 3.63) is 62.6 Å². The molecule has 2 aromatic heterocycles. The first-order valence-electron chi connectivity index (χ1n) is 8.56. The minimum Gasteiger partial charge on any atom is -0.396 e. The van der Waals surface area contributed by atoms with Crippen LogP contribution in [-0.4, -0.2) is 22.2 Å². The lowest BCUT2D eigenvalue weighted by Gasteiger charge is -2.09. The van der Waals surface area contributed by atoms with Crippen molar-refractivity contribution < 1.29 is 9.90 Å². The van der Waals surface area contributed by atoms with Gasteiger partial charge < -0.3 is 15.0 Å². The fourth-order valence-corrected chi connectivity index (χ4v) is 4.34. The van der Waals surface area contributed by atoms with Gasteiger partial charge in [-0.3, -0.25) is 4.79 Å². The maximum Gasteiger partial charge on any atom is 0.254 e. The fourth-order valence-electron chi connectivity index (χ4n) is 2.83. The van der Waals surface area contributed by atoms with Crippen LogP contribution in [0.4, 0.5) is 0 Å². The number of carbonyl (C=O) groups excluding carboxylic acids is 1. The number of rotatable bonds is 6. The van der Waals surface area contributed by atoms with Gasteiger partial charge in [0.05, 0.1) is 10.1 Å². The zero-order valence-electron chi connectivity index (χ0n) is 14.9. The number of pyridine rings is 1. The van der Waals surface area contributed by atoms with Crippen LogP contribution in [0.25, 0.3) is 10.2 Å². The predicted molar refractivity (Wildman–Crippen MR) is 109 cm³/mol. The molecule has 6 heteroatoms. The van der Waals surface area contributed by atoms with Crippen LogP contribution >= 0.6 is 23.6 Å². The molecule has 0 saturated heterocycles. The minimum atomic E-state index is -0.156. The number of nitrogens with one attached hydrogen (secondary N) is 1. The largest absolute Gasteiger partial charge is 0.396 e. The monoisotopic (exact) mass is 386 g/mol. The topological polar surface area (TPSA) is 54.3 Å². The highest BCUT2D eigenvalue weighted by Gasteiger charge is 2.14. The van der Waals surface area contributed by atoms with Gasteiger partial charge in [0.1, 0.15) is 4.83 Å². The quantitative estimate of drug-likeness (QED) is 0.626. The summed E-state index contributed by atoms with van der Waals surface area (Å²) in [4.78, 5) is 14.9. The Morgan fingerprint density at radius 1 is 1.31 bits per heavy atom. The number of nitrogens with zero attached hydrogens (tertiary/aromatic N) is 1. The Kier molecular flexibility index (Phi) is 5.86. The van der Waals surface area contributed by atoms with E-state index in [0.717, 1.165) is 28.6 Å². The first kappa shape index (κ1) is 18.8. The zero-order chi connectivity index (χ0) is 18.7. The molecule has 136 valence electrons. The highest BCUT2D eigenvalue weighted by molar-refractivity contribution is 7.71. The van der Waals surface area contributed by atoms with Crippen molar-refractivity contribution in [2.45, 2.75) is 26.3 Å². The Hall–Kier alpha value is -2.02. The molecule has 0 atom stereocenters. The van der Waals surface area contributed by atoms with Gasteiger partial charge in [0.2, 0.25) is 0 Å². The Morgan fingerprint density at radius 2 is 2.04 bits per heavy atom. The van der Waals surface area contributed by atoms with Gasteiger partial charge in [-0.1, -0.05) is 42.0 Å². The summed E-state index contributed by atoms with van der Waals surface area (Å²) in [5, 5.41) is 12.9. The van der Waals surface area contributed by atoms with Crippen molar-refractivity contribution in [1.82, 2.24) is 9.88 Å². The van der Waals surface area contributed by atoms with Gasteiger partial charge >= 0.3 is 0 Å². The van der Waals surface area contributed by atoms with E-state index in [0.29, 0.717) is 16.6 Å². The van der Waals surface area contributed by atoms with Crippen molar-refractivity contribution in [2.75, 3.05) is 6.61 Å². The second kappa shape index (κ2) is 8.12. The number of amides is 1. The summed E-state index contributed by atoms with van der Waals surface area (Å²) in [6.07, 6.45) is 3.36. The molecule has 3 aromatic rings. The van der Waals surface area contributed by atoms with Crippen molar-refractivity contribution in [1.29, 1.82) is 0 Å². The molecule has 3 rings (SSSR count). The van der Waals surface area contributed by atoms with E-state index in [1.54, 1.807) is 11.3 Å². The highest BCUT2D eigenvalue weighted by atomic mass is 32.1. The number of carbonyl (C=O) groups is 1. The average molecular weight is 387 g/mol. The van der Waals surface area contributed by atoms with Gasteiger partial charge in [-0.2, -0.15) is 0 Å². The van der Waals surface area contributed by atoms with Gasteiger partial charge in [-0.05, 0) is 31.4 Å². The van der Waals surface area contributed by atoms with Crippen LogP contribution < -0.4 is 5.32 Å². The van der Waals surface area contributed by atoms with Crippen molar-refractivity contribution in [3.63, 3.8) is 0 Å². The van der Waals surface area contributed by atoms with Crippen molar-refractivity contribution in [3.8, 4) is 0 Å². The molecule has 0 radical (unpaired) electrons. The van der Waals surface area contributed by atoms with E-state index in [1.807, 2.05) is 49.0 Å². The molecule has 1 aromatic carbocycles. The summed E-state index contributed by atoms with van der Waals surface area (Å²) in [7, 11) is 1.93. The molecule has 0 aliphatic heterocycles. The standard InChI is InChI=1S/C20H22N2O2S2/c1-13-5-7-14(8-6-13)11-21-19(24)17-12-22(2)20-16(18(17)25)10-15(26-20)4-3-9-23/h5-8,10,12,23H,3-4,9,11H2,1-2H3,(H,21,24). The summed E-state index contributed by atoms with van der Waals surface area (Å²) >= 11 is 7.25. The molecule has 0 aliphatic carbocycles. The average Bonchev–Trinajstić information content (AvgIpc) is 3.07. The molecular weight excluding hydrogens is 364 g/mol. The SMILES string of the molecule is Cc1ccc(CNC(=O)c2cn(C)c3sc(CCCO)cc3c2=S)cc1. The van der Waals surface area contributed by atoms with Gasteiger partial charge in [0.25, 0.3) is 5.91 Å². The molecular formula is C20H22N2O2S2. The van der Waals surface area contributed by atoms with E-state index in [2.05, 4.69) is 11.4 Å². The first-order valence-corrected chi connectivity index (χ1v) is 9.78. The highest BCUT2D eigenvalue weighted by Crippen LogP contribution is 2.28. The van der Waals surface area contributed by atoms with Gasteiger partial charge in [0.15, 0.2) is 0 Å². The third-order valence-corrected chi connectivity index (χ3v) is 6.02. The summed E-state index contributed by atoms with van der Waals surface area (Å²) in [6.45, 7) is 2.69. The molecule has 26 heavy (non-hydrogen) atoms. The lowest BCUT2D eigenvalue weighted by Crippen LogP contribution is -2.23. The number of hydrogen-bond donors (Lipinski definition) is 2. The van der Waals surface area contributed by atoms with E-state index in [1.165, 1.54) is 10.4 Å². The summed E-state index contributed by atoms with van der Waals surface area (Å²) in [6, 6.07) is 10.1. The molecule has 0 spiro atoms. The van der Waals surface area contributed by atoms with Crippen LogP contribution in [0.15, 0.2) is 36.5 Å². The van der Waals surface area contributed by atoms with Crippen LogP contribution in [0.5, 0.6) is 0 Å². The van der Waals surface area contributed by atoms with Crippen LogP contribution in [0, 0.1) is 11.4 Å². The number of aryl methyl sites for hydroxylation is 3. The van der Waals surface area contributed by atoms with Crippen LogP contribution in [0.3, 0.4) is 0 Å².